The van der Waals surface area contributed by atoms with Crippen molar-refractivity contribution in [1.29, 1.82) is 0 Å². The molecule has 0 aromatic rings. The molecule has 0 saturated heterocycles. The third-order valence-electron chi connectivity index (χ3n) is 1.51. The van der Waals surface area contributed by atoms with E-state index in [0.717, 1.165) is 6.42 Å². The van der Waals surface area contributed by atoms with E-state index in [1.165, 1.54) is 32.1 Å². The molecule has 0 aromatic heterocycles. The number of rotatable bonds is 6. The van der Waals surface area contributed by atoms with Gasteiger partial charge < -0.3 is 5.11 Å². The topological polar surface area (TPSA) is 20.2 Å². The van der Waals surface area contributed by atoms with Crippen molar-refractivity contribution in [1.82, 2.24) is 0 Å². The third-order valence-corrected chi connectivity index (χ3v) is 1.51. The second kappa shape index (κ2) is 12.3. The van der Waals surface area contributed by atoms with E-state index in [1.54, 1.807) is 0 Å². The molecule has 0 saturated carbocycles. The molecule has 0 unspecified atom stereocenters. The second-order valence-electron chi connectivity index (χ2n) is 2.49. The molecule has 0 rings (SSSR count). The van der Waals surface area contributed by atoms with Crippen LogP contribution in [-0.2, 0) is 19.5 Å². The Morgan fingerprint density at radius 3 is 1.90 bits per heavy atom. The van der Waals surface area contributed by atoms with E-state index < -0.39 is 0 Å². The molecule has 0 amide bonds. The maximum atomic E-state index is 8.42. The molecule has 0 atom stereocenters. The Bertz CT molecular complexity index is 42.5. The van der Waals surface area contributed by atoms with Crippen molar-refractivity contribution in [2.24, 2.45) is 0 Å². The van der Waals surface area contributed by atoms with Crippen LogP contribution < -0.4 is 0 Å². The summed E-state index contributed by atoms with van der Waals surface area (Å²) in [6, 6.07) is 0. The zero-order chi connectivity index (χ0) is 6.95. The predicted molar refractivity (Wildman–Crippen MR) is 40.5 cm³/mol. The number of hydrogen-bond acceptors (Lipinski definition) is 1. The van der Waals surface area contributed by atoms with Crippen LogP contribution in [0.3, 0.4) is 0 Å². The van der Waals surface area contributed by atoms with Gasteiger partial charge in [-0.3, -0.25) is 0 Å². The molecule has 0 bridgehead atoms. The molecule has 1 N–H and O–H groups in total. The van der Waals surface area contributed by atoms with E-state index in [2.05, 4.69) is 6.92 Å². The minimum atomic E-state index is 0. The summed E-state index contributed by atoms with van der Waals surface area (Å²) in [4.78, 5) is 0. The molecule has 0 aliphatic heterocycles. The van der Waals surface area contributed by atoms with Crippen LogP contribution >= 0.6 is 0 Å². The van der Waals surface area contributed by atoms with Gasteiger partial charge in [-0.1, -0.05) is 39.0 Å². The van der Waals surface area contributed by atoms with Crippen molar-refractivity contribution in [2.75, 3.05) is 6.61 Å². The summed E-state index contributed by atoms with van der Waals surface area (Å²) in [6.45, 7) is 2.58. The van der Waals surface area contributed by atoms with Crippen LogP contribution in [0.2, 0.25) is 0 Å². The smallest absolute Gasteiger partial charge is 0.0431 e. The van der Waals surface area contributed by atoms with Crippen LogP contribution in [0.5, 0.6) is 0 Å². The summed E-state index contributed by atoms with van der Waals surface area (Å²) < 4.78 is 0. The average molecular weight is 233 g/mol. The van der Waals surface area contributed by atoms with Gasteiger partial charge in [0.05, 0.1) is 0 Å². The van der Waals surface area contributed by atoms with Crippen LogP contribution in [0.15, 0.2) is 0 Å². The summed E-state index contributed by atoms with van der Waals surface area (Å²) in [5.74, 6) is 0. The molecule has 1 radical (unpaired) electrons. The Morgan fingerprint density at radius 1 is 0.900 bits per heavy atom. The Hall–Kier alpha value is 0.583. The number of hydrogen-bond donors (Lipinski definition) is 1. The molecular formula is C8H18ORh. The molecule has 10 heavy (non-hydrogen) atoms. The Morgan fingerprint density at radius 2 is 1.40 bits per heavy atom. The fraction of sp³-hybridized carbons (Fsp3) is 1.00. The van der Waals surface area contributed by atoms with Gasteiger partial charge in [-0.25, -0.2) is 0 Å². The molecule has 1 nitrogen and oxygen atoms in total. The maximum Gasteiger partial charge on any atom is 0.0431 e. The van der Waals surface area contributed by atoms with Crippen molar-refractivity contribution in [3.05, 3.63) is 0 Å². The SMILES string of the molecule is CCCCCCCCO.[Rh]. The monoisotopic (exact) mass is 233 g/mol. The van der Waals surface area contributed by atoms with Crippen LogP contribution in [-0.4, -0.2) is 11.7 Å². The summed E-state index contributed by atoms with van der Waals surface area (Å²) in [6.07, 6.45) is 7.50. The van der Waals surface area contributed by atoms with Crippen molar-refractivity contribution in [3.8, 4) is 0 Å². The zero-order valence-electron chi connectivity index (χ0n) is 6.73. The molecule has 0 spiro atoms. The molecule has 2 heteroatoms. The third kappa shape index (κ3) is 11.4. The first-order chi connectivity index (χ1) is 4.41. The first-order valence-electron chi connectivity index (χ1n) is 4.02. The normalized spacial score (nSPS) is 9.00. The van der Waals surface area contributed by atoms with E-state index in [-0.39, 0.29) is 19.5 Å². The predicted octanol–water partition coefficient (Wildman–Crippen LogP) is 2.34. The van der Waals surface area contributed by atoms with E-state index in [9.17, 15) is 0 Å². The van der Waals surface area contributed by atoms with Gasteiger partial charge in [-0.15, -0.1) is 0 Å². The number of aliphatic hydroxyl groups excluding tert-OH is 1. The Balaban J connectivity index is 0. The van der Waals surface area contributed by atoms with Crippen molar-refractivity contribution in [3.63, 3.8) is 0 Å². The first-order valence-corrected chi connectivity index (χ1v) is 4.02. The molecule has 0 aromatic carbocycles. The minimum absolute atomic E-state index is 0. The van der Waals surface area contributed by atoms with Gasteiger partial charge in [0.1, 0.15) is 0 Å². The Kier molecular flexibility index (Phi) is 16.2. The fourth-order valence-electron chi connectivity index (χ4n) is 0.892. The number of unbranched alkanes of at least 4 members (excludes halogenated alkanes) is 5. The molecule has 0 heterocycles. The van der Waals surface area contributed by atoms with Gasteiger partial charge in [-0.2, -0.15) is 0 Å². The summed E-state index contributed by atoms with van der Waals surface area (Å²) in [5.41, 5.74) is 0. The number of aliphatic hydroxyl groups is 1. The Labute approximate surface area is 77.0 Å². The van der Waals surface area contributed by atoms with Crippen LogP contribution in [0.1, 0.15) is 45.4 Å². The minimum Gasteiger partial charge on any atom is -0.396 e. The van der Waals surface area contributed by atoms with Crippen molar-refractivity contribution in [2.45, 2.75) is 45.4 Å². The molecular weight excluding hydrogens is 215 g/mol. The summed E-state index contributed by atoms with van der Waals surface area (Å²) in [7, 11) is 0. The van der Waals surface area contributed by atoms with E-state index >= 15 is 0 Å². The van der Waals surface area contributed by atoms with E-state index in [0.29, 0.717) is 6.61 Å². The van der Waals surface area contributed by atoms with Gasteiger partial charge in [-0.05, 0) is 6.42 Å². The molecule has 65 valence electrons. The molecule has 0 aliphatic rings. The van der Waals surface area contributed by atoms with Gasteiger partial charge in [0.25, 0.3) is 0 Å². The zero-order valence-corrected chi connectivity index (χ0v) is 8.37. The van der Waals surface area contributed by atoms with Gasteiger partial charge in [0.15, 0.2) is 0 Å². The van der Waals surface area contributed by atoms with Gasteiger partial charge >= 0.3 is 0 Å². The van der Waals surface area contributed by atoms with Crippen LogP contribution in [0, 0.1) is 0 Å². The standard InChI is InChI=1S/C8H18O.Rh/c1-2-3-4-5-6-7-8-9;/h9H,2-8H2,1H3;. The van der Waals surface area contributed by atoms with Crippen LogP contribution in [0.4, 0.5) is 0 Å². The average Bonchev–Trinajstić information content (AvgIpc) is 1.89. The van der Waals surface area contributed by atoms with Gasteiger partial charge in [0, 0.05) is 26.1 Å². The van der Waals surface area contributed by atoms with Crippen molar-refractivity contribution >= 4 is 0 Å². The summed E-state index contributed by atoms with van der Waals surface area (Å²) >= 11 is 0. The molecule has 0 fully saturated rings. The van der Waals surface area contributed by atoms with Crippen molar-refractivity contribution < 1.29 is 24.6 Å². The quantitative estimate of drug-likeness (QED) is 0.551. The maximum absolute atomic E-state index is 8.42. The second-order valence-corrected chi connectivity index (χ2v) is 2.49. The first kappa shape index (κ1) is 13.2. The van der Waals surface area contributed by atoms with Gasteiger partial charge in [0.2, 0.25) is 0 Å². The largest absolute Gasteiger partial charge is 0.396 e. The van der Waals surface area contributed by atoms with E-state index in [4.69, 9.17) is 5.11 Å². The van der Waals surface area contributed by atoms with Crippen LogP contribution in [0.25, 0.3) is 0 Å². The van der Waals surface area contributed by atoms with E-state index in [1.807, 2.05) is 0 Å². The fourth-order valence-corrected chi connectivity index (χ4v) is 0.892. The molecule has 0 aliphatic carbocycles. The summed E-state index contributed by atoms with van der Waals surface area (Å²) in [5, 5.41) is 8.42.